The number of piperidine rings is 1. The normalized spacial score (nSPS) is 20.1. The van der Waals surface area contributed by atoms with Crippen LogP contribution in [0, 0.1) is 11.8 Å². The van der Waals surface area contributed by atoms with E-state index >= 15 is 0 Å². The van der Waals surface area contributed by atoms with E-state index in [0.717, 1.165) is 17.8 Å². The van der Waals surface area contributed by atoms with Crippen molar-refractivity contribution in [2.75, 3.05) is 18.4 Å². The number of nitrogens with two attached hydrogens (primary N) is 1. The Bertz CT molecular complexity index is 1130. The minimum atomic E-state index is -3.67. The van der Waals surface area contributed by atoms with Gasteiger partial charge in [-0.05, 0) is 60.9 Å². The number of rotatable bonds is 7. The Hall–Kier alpha value is -2.76. The van der Waals surface area contributed by atoms with Crippen molar-refractivity contribution in [3.63, 3.8) is 0 Å². The topological polar surface area (TPSA) is 136 Å². The number of nitrogens with zero attached hydrogens (tertiary/aromatic N) is 1. The number of primary amides is 1. The molecule has 33 heavy (non-hydrogen) atoms. The highest BCUT2D eigenvalue weighted by molar-refractivity contribution is 7.89. The van der Waals surface area contributed by atoms with Gasteiger partial charge in [-0.15, -0.1) is 11.3 Å². The molecule has 0 aliphatic carbocycles. The standard InChI is InChI=1S/C22H27N3O6S2/c1-13-10-14(2)12-25(11-13)33(29,30)17-6-4-16(5-7-17)22(28)31-15(3)20(27)24-21-18(19(23)26)8-9-32-21/h4-9,13-15H,10-12H2,1-3H3,(H2,23,26)(H,24,27)/t13-,14+,15-/m1/s1. The van der Waals surface area contributed by atoms with Crippen molar-refractivity contribution in [2.24, 2.45) is 17.6 Å². The lowest BCUT2D eigenvalue weighted by atomic mass is 9.94. The zero-order valence-electron chi connectivity index (χ0n) is 18.6. The molecule has 3 rings (SSSR count). The number of nitrogens with one attached hydrogen (secondary N) is 1. The van der Waals surface area contributed by atoms with Crippen LogP contribution in [-0.4, -0.2) is 49.7 Å². The van der Waals surface area contributed by atoms with Crippen LogP contribution in [0.5, 0.6) is 0 Å². The van der Waals surface area contributed by atoms with Crippen molar-refractivity contribution in [1.29, 1.82) is 0 Å². The van der Waals surface area contributed by atoms with E-state index in [1.165, 1.54) is 41.6 Å². The summed E-state index contributed by atoms with van der Waals surface area (Å²) in [7, 11) is -3.67. The summed E-state index contributed by atoms with van der Waals surface area (Å²) in [6.45, 7) is 6.38. The van der Waals surface area contributed by atoms with Gasteiger partial charge in [-0.3, -0.25) is 9.59 Å². The maximum absolute atomic E-state index is 13.0. The predicted octanol–water partition coefficient (Wildman–Crippen LogP) is 2.70. The Balaban J connectivity index is 1.64. The third-order valence-corrected chi connectivity index (χ3v) is 8.06. The molecule has 1 fully saturated rings. The molecule has 0 radical (unpaired) electrons. The van der Waals surface area contributed by atoms with Crippen LogP contribution < -0.4 is 11.1 Å². The number of hydrogen-bond acceptors (Lipinski definition) is 7. The fourth-order valence-corrected chi connectivity index (χ4v) is 6.28. The van der Waals surface area contributed by atoms with Crippen molar-refractivity contribution in [2.45, 2.75) is 38.2 Å². The van der Waals surface area contributed by atoms with Gasteiger partial charge >= 0.3 is 5.97 Å². The van der Waals surface area contributed by atoms with Gasteiger partial charge in [-0.2, -0.15) is 4.31 Å². The first kappa shape index (κ1) is 24.9. The Labute approximate surface area is 197 Å². The lowest BCUT2D eigenvalue weighted by molar-refractivity contribution is -0.123. The maximum Gasteiger partial charge on any atom is 0.338 e. The van der Waals surface area contributed by atoms with E-state index in [0.29, 0.717) is 13.1 Å². The molecular weight excluding hydrogens is 466 g/mol. The Morgan fingerprint density at radius 3 is 2.30 bits per heavy atom. The average molecular weight is 494 g/mol. The van der Waals surface area contributed by atoms with Gasteiger partial charge in [0.25, 0.3) is 11.8 Å². The van der Waals surface area contributed by atoms with E-state index in [1.54, 1.807) is 5.38 Å². The molecule has 0 spiro atoms. The van der Waals surface area contributed by atoms with E-state index in [4.69, 9.17) is 10.5 Å². The van der Waals surface area contributed by atoms with Crippen LogP contribution in [0.4, 0.5) is 5.00 Å². The van der Waals surface area contributed by atoms with Crippen molar-refractivity contribution in [3.05, 3.63) is 46.8 Å². The number of sulfonamides is 1. The van der Waals surface area contributed by atoms with Crippen LogP contribution in [0.1, 0.15) is 47.9 Å². The fraction of sp³-hybridized carbons (Fsp3) is 0.409. The van der Waals surface area contributed by atoms with Gasteiger partial charge in [0.1, 0.15) is 5.00 Å². The molecule has 1 aliphatic rings. The molecule has 0 saturated carbocycles. The molecule has 2 aromatic rings. The summed E-state index contributed by atoms with van der Waals surface area (Å²) in [6.07, 6.45) is -0.168. The first-order chi connectivity index (χ1) is 15.5. The van der Waals surface area contributed by atoms with Gasteiger partial charge in [-0.25, -0.2) is 13.2 Å². The molecule has 3 N–H and O–H groups in total. The number of amides is 2. The van der Waals surface area contributed by atoms with Crippen molar-refractivity contribution in [3.8, 4) is 0 Å². The van der Waals surface area contributed by atoms with Gasteiger partial charge < -0.3 is 15.8 Å². The third kappa shape index (κ3) is 5.79. The van der Waals surface area contributed by atoms with E-state index in [2.05, 4.69) is 5.32 Å². The monoisotopic (exact) mass is 493 g/mol. The van der Waals surface area contributed by atoms with Gasteiger partial charge in [0.2, 0.25) is 10.0 Å². The Morgan fingerprint density at radius 1 is 1.12 bits per heavy atom. The fourth-order valence-electron chi connectivity index (χ4n) is 3.81. The summed E-state index contributed by atoms with van der Waals surface area (Å²) >= 11 is 1.12. The smallest absolute Gasteiger partial charge is 0.338 e. The SMILES string of the molecule is C[C@@H]1C[C@H](C)CN(S(=O)(=O)c2ccc(C(=O)O[C@H](C)C(=O)Nc3sccc3C(N)=O)cc2)C1. The predicted molar refractivity (Wildman–Crippen MR) is 124 cm³/mol. The van der Waals surface area contributed by atoms with E-state index in [9.17, 15) is 22.8 Å². The van der Waals surface area contributed by atoms with Crippen LogP contribution in [-0.2, 0) is 19.6 Å². The average Bonchev–Trinajstić information content (AvgIpc) is 3.21. The minimum Gasteiger partial charge on any atom is -0.449 e. The van der Waals surface area contributed by atoms with Crippen molar-refractivity contribution in [1.82, 2.24) is 4.31 Å². The van der Waals surface area contributed by atoms with Gasteiger partial charge in [0.05, 0.1) is 16.0 Å². The summed E-state index contributed by atoms with van der Waals surface area (Å²) in [5, 5.41) is 4.39. The minimum absolute atomic E-state index is 0.0998. The van der Waals surface area contributed by atoms with E-state index < -0.39 is 33.9 Å². The quantitative estimate of drug-likeness (QED) is 0.569. The van der Waals surface area contributed by atoms with Gasteiger partial charge in [0, 0.05) is 13.1 Å². The lowest BCUT2D eigenvalue weighted by Crippen LogP contribution is -2.42. The Kier molecular flexibility index (Phi) is 7.55. The van der Waals surface area contributed by atoms with Crippen LogP contribution in [0.15, 0.2) is 40.6 Å². The summed E-state index contributed by atoms with van der Waals surface area (Å²) in [5.74, 6) is -1.53. The van der Waals surface area contributed by atoms with Crippen molar-refractivity contribution >= 4 is 44.1 Å². The second-order valence-corrected chi connectivity index (χ2v) is 11.2. The highest BCUT2D eigenvalue weighted by Crippen LogP contribution is 2.27. The summed E-state index contributed by atoms with van der Waals surface area (Å²) in [4.78, 5) is 36.3. The molecular formula is C22H27N3O6S2. The molecule has 9 nitrogen and oxygen atoms in total. The highest BCUT2D eigenvalue weighted by atomic mass is 32.2. The van der Waals surface area contributed by atoms with Crippen LogP contribution in [0.3, 0.4) is 0 Å². The number of esters is 1. The number of carbonyl (C=O) groups excluding carboxylic acids is 3. The highest BCUT2D eigenvalue weighted by Gasteiger charge is 2.32. The molecule has 3 atom stereocenters. The number of thiophene rings is 1. The van der Waals surface area contributed by atoms with Crippen LogP contribution >= 0.6 is 11.3 Å². The molecule has 0 unspecified atom stereocenters. The zero-order valence-corrected chi connectivity index (χ0v) is 20.2. The van der Waals surface area contributed by atoms with Crippen LogP contribution in [0.25, 0.3) is 0 Å². The van der Waals surface area contributed by atoms with Crippen LogP contribution in [0.2, 0.25) is 0 Å². The zero-order chi connectivity index (χ0) is 24.3. The van der Waals surface area contributed by atoms with Gasteiger partial charge in [-0.1, -0.05) is 13.8 Å². The lowest BCUT2D eigenvalue weighted by Gasteiger charge is -2.34. The molecule has 1 aromatic heterocycles. The Morgan fingerprint density at radius 2 is 1.73 bits per heavy atom. The van der Waals surface area contributed by atoms with E-state index in [-0.39, 0.29) is 32.9 Å². The first-order valence-electron chi connectivity index (χ1n) is 10.5. The second kappa shape index (κ2) is 10.0. The molecule has 1 aliphatic heterocycles. The molecule has 1 saturated heterocycles. The second-order valence-electron chi connectivity index (χ2n) is 8.36. The molecule has 11 heteroatoms. The number of hydrogen-bond donors (Lipinski definition) is 2. The summed E-state index contributed by atoms with van der Waals surface area (Å²) in [6, 6.07) is 6.94. The number of carbonyl (C=O) groups is 3. The molecule has 2 amide bonds. The van der Waals surface area contributed by atoms with Crippen molar-refractivity contribution < 1.29 is 27.5 Å². The summed E-state index contributed by atoms with van der Waals surface area (Å²) < 4.78 is 32.6. The van der Waals surface area contributed by atoms with Gasteiger partial charge in [0.15, 0.2) is 6.10 Å². The molecule has 0 bridgehead atoms. The number of anilines is 1. The van der Waals surface area contributed by atoms with E-state index in [1.807, 2.05) is 13.8 Å². The number of benzene rings is 1. The molecule has 2 heterocycles. The first-order valence-corrected chi connectivity index (χ1v) is 12.8. The maximum atomic E-state index is 13.0. The summed E-state index contributed by atoms with van der Waals surface area (Å²) in [5.41, 5.74) is 5.54. The molecule has 178 valence electrons. The third-order valence-electron chi connectivity index (χ3n) is 5.38. The number of ether oxygens (including phenoxy) is 1. The molecule has 1 aromatic carbocycles. The largest absolute Gasteiger partial charge is 0.449 e.